The molecule has 0 atom stereocenters. The number of hydrazine groups is 1. The Hall–Kier alpha value is -3.94. The van der Waals surface area contributed by atoms with Gasteiger partial charge in [-0.3, -0.25) is 0 Å². The predicted octanol–water partition coefficient (Wildman–Crippen LogP) is 3.45. The molecule has 8 nitrogen and oxygen atoms in total. The lowest BCUT2D eigenvalue weighted by atomic mass is 10.2. The van der Waals surface area contributed by atoms with E-state index >= 15 is 0 Å². The number of hydrogen-bond acceptors (Lipinski definition) is 8. The third-order valence-electron chi connectivity index (χ3n) is 3.99. The van der Waals surface area contributed by atoms with E-state index < -0.39 is 0 Å². The first-order valence-corrected chi connectivity index (χ1v) is 8.71. The van der Waals surface area contributed by atoms with Gasteiger partial charge in [-0.05, 0) is 62.4 Å². The molecule has 8 heteroatoms. The van der Waals surface area contributed by atoms with Crippen molar-refractivity contribution in [2.75, 3.05) is 10.9 Å². The molecule has 4 rings (SSSR count). The van der Waals surface area contributed by atoms with Crippen LogP contribution in [0.5, 0.6) is 0 Å². The molecule has 0 amide bonds. The third-order valence-corrected chi connectivity index (χ3v) is 3.99. The number of aromatic nitrogens is 6. The topological polar surface area (TPSA) is 101 Å². The Kier molecular flexibility index (Phi) is 4.83. The highest BCUT2D eigenvalue weighted by Gasteiger charge is 2.04. The lowest BCUT2D eigenvalue weighted by Crippen LogP contribution is -2.08. The quantitative estimate of drug-likeness (QED) is 0.515. The first kappa shape index (κ1) is 17.5. The summed E-state index contributed by atoms with van der Waals surface area (Å²) in [6.45, 7) is 3.73. The standard InChI is InChI=1S/C20H18N8/c1-13-24-14(2)26-20(25-13)16-5-9-18(10-6-16)28-27-17-7-3-15(4-8-17)19-22-11-21-12-23-19/h3-12,27-28H,1-2H3. The number of nitrogens with one attached hydrogen (secondary N) is 2. The monoisotopic (exact) mass is 370 g/mol. The first-order valence-electron chi connectivity index (χ1n) is 8.71. The van der Waals surface area contributed by atoms with Crippen molar-refractivity contribution in [3.8, 4) is 22.8 Å². The molecule has 0 saturated carbocycles. The molecule has 2 aromatic heterocycles. The Morgan fingerprint density at radius 3 is 1.54 bits per heavy atom. The van der Waals surface area contributed by atoms with E-state index in [1.807, 2.05) is 62.4 Å². The van der Waals surface area contributed by atoms with Gasteiger partial charge in [0.05, 0.1) is 11.4 Å². The Morgan fingerprint density at radius 1 is 0.571 bits per heavy atom. The molecule has 0 aliphatic rings. The molecule has 2 heterocycles. The Balaban J connectivity index is 1.41. The van der Waals surface area contributed by atoms with Gasteiger partial charge in [0.15, 0.2) is 11.6 Å². The molecule has 0 fully saturated rings. The Bertz CT molecular complexity index is 1040. The van der Waals surface area contributed by atoms with Gasteiger partial charge >= 0.3 is 0 Å². The lowest BCUT2D eigenvalue weighted by molar-refractivity contribution is 0.928. The van der Waals surface area contributed by atoms with Crippen molar-refractivity contribution in [1.29, 1.82) is 0 Å². The molecule has 4 aromatic rings. The summed E-state index contributed by atoms with van der Waals surface area (Å²) in [6.07, 6.45) is 2.97. The van der Waals surface area contributed by atoms with Gasteiger partial charge in [0.1, 0.15) is 24.3 Å². The number of nitrogens with zero attached hydrogens (tertiary/aromatic N) is 6. The zero-order valence-electron chi connectivity index (χ0n) is 15.5. The smallest absolute Gasteiger partial charge is 0.163 e. The van der Waals surface area contributed by atoms with Crippen LogP contribution in [0.15, 0.2) is 61.2 Å². The van der Waals surface area contributed by atoms with E-state index in [0.29, 0.717) is 23.3 Å². The second-order valence-corrected chi connectivity index (χ2v) is 6.12. The first-order chi connectivity index (χ1) is 13.7. The van der Waals surface area contributed by atoms with Crippen LogP contribution in [0.1, 0.15) is 11.6 Å². The van der Waals surface area contributed by atoms with E-state index in [1.165, 1.54) is 12.7 Å². The fraction of sp³-hybridized carbons (Fsp3) is 0.100. The summed E-state index contributed by atoms with van der Waals surface area (Å²) in [4.78, 5) is 25.1. The van der Waals surface area contributed by atoms with Gasteiger partial charge in [-0.2, -0.15) is 0 Å². The summed E-state index contributed by atoms with van der Waals surface area (Å²) in [7, 11) is 0. The minimum atomic E-state index is 0.647. The van der Waals surface area contributed by atoms with Crippen molar-refractivity contribution in [2.45, 2.75) is 13.8 Å². The fourth-order valence-corrected chi connectivity index (χ4v) is 2.68. The van der Waals surface area contributed by atoms with E-state index in [9.17, 15) is 0 Å². The molecule has 0 saturated heterocycles. The summed E-state index contributed by atoms with van der Waals surface area (Å²) in [6, 6.07) is 15.7. The molecule has 2 aromatic carbocycles. The van der Waals surface area contributed by atoms with Gasteiger partial charge in [-0.1, -0.05) is 0 Å². The van der Waals surface area contributed by atoms with Crippen molar-refractivity contribution in [3.63, 3.8) is 0 Å². The molecule has 0 unspecified atom stereocenters. The normalized spacial score (nSPS) is 10.5. The van der Waals surface area contributed by atoms with E-state index in [1.54, 1.807) is 0 Å². The SMILES string of the molecule is Cc1nc(C)nc(-c2ccc(NNc3ccc(-c4ncncn4)cc3)cc2)n1. The molecule has 0 aliphatic carbocycles. The van der Waals surface area contributed by atoms with E-state index in [-0.39, 0.29) is 0 Å². The van der Waals surface area contributed by atoms with Crippen LogP contribution in [0.25, 0.3) is 22.8 Å². The molecule has 2 N–H and O–H groups in total. The number of rotatable bonds is 5. The highest BCUT2D eigenvalue weighted by Crippen LogP contribution is 2.20. The summed E-state index contributed by atoms with van der Waals surface area (Å²) < 4.78 is 0. The molecule has 0 spiro atoms. The van der Waals surface area contributed by atoms with Crippen molar-refractivity contribution in [1.82, 2.24) is 29.9 Å². The van der Waals surface area contributed by atoms with Gasteiger partial charge in [0.2, 0.25) is 0 Å². The van der Waals surface area contributed by atoms with Crippen LogP contribution in [0.4, 0.5) is 11.4 Å². The predicted molar refractivity (Wildman–Crippen MR) is 107 cm³/mol. The number of benzene rings is 2. The zero-order valence-corrected chi connectivity index (χ0v) is 15.5. The molecule has 138 valence electrons. The fourth-order valence-electron chi connectivity index (χ4n) is 2.68. The minimum Gasteiger partial charge on any atom is -0.301 e. The van der Waals surface area contributed by atoms with Crippen LogP contribution in [0, 0.1) is 13.8 Å². The molecule has 0 radical (unpaired) electrons. The van der Waals surface area contributed by atoms with E-state index in [2.05, 4.69) is 40.8 Å². The molecular formula is C20H18N8. The van der Waals surface area contributed by atoms with Crippen LogP contribution in [0.3, 0.4) is 0 Å². The molecule has 28 heavy (non-hydrogen) atoms. The van der Waals surface area contributed by atoms with E-state index in [0.717, 1.165) is 22.5 Å². The Labute approximate surface area is 162 Å². The van der Waals surface area contributed by atoms with Crippen molar-refractivity contribution >= 4 is 11.4 Å². The summed E-state index contributed by atoms with van der Waals surface area (Å²) >= 11 is 0. The van der Waals surface area contributed by atoms with Gasteiger partial charge < -0.3 is 10.9 Å². The summed E-state index contributed by atoms with van der Waals surface area (Å²) in [5.74, 6) is 2.76. The highest BCUT2D eigenvalue weighted by molar-refractivity contribution is 5.63. The maximum Gasteiger partial charge on any atom is 0.163 e. The average molecular weight is 370 g/mol. The lowest BCUT2D eigenvalue weighted by Gasteiger charge is -2.11. The molecule has 0 bridgehead atoms. The van der Waals surface area contributed by atoms with Gasteiger partial charge in [-0.15, -0.1) is 0 Å². The van der Waals surface area contributed by atoms with Crippen LogP contribution in [-0.4, -0.2) is 29.9 Å². The zero-order chi connectivity index (χ0) is 19.3. The maximum atomic E-state index is 4.39. The second-order valence-electron chi connectivity index (χ2n) is 6.12. The third kappa shape index (κ3) is 4.07. The Morgan fingerprint density at radius 2 is 1.04 bits per heavy atom. The second kappa shape index (κ2) is 7.75. The number of anilines is 2. The van der Waals surface area contributed by atoms with E-state index in [4.69, 9.17) is 0 Å². The number of aryl methyl sites for hydroxylation is 2. The van der Waals surface area contributed by atoms with Crippen LogP contribution in [0.2, 0.25) is 0 Å². The van der Waals surface area contributed by atoms with Gasteiger partial charge in [-0.25, -0.2) is 29.9 Å². The van der Waals surface area contributed by atoms with Crippen LogP contribution < -0.4 is 10.9 Å². The molecular weight excluding hydrogens is 352 g/mol. The van der Waals surface area contributed by atoms with Gasteiger partial charge in [0.25, 0.3) is 0 Å². The van der Waals surface area contributed by atoms with Crippen molar-refractivity contribution in [2.24, 2.45) is 0 Å². The highest BCUT2D eigenvalue weighted by atomic mass is 15.4. The largest absolute Gasteiger partial charge is 0.301 e. The van der Waals surface area contributed by atoms with Crippen LogP contribution in [-0.2, 0) is 0 Å². The summed E-state index contributed by atoms with van der Waals surface area (Å²) in [5.41, 5.74) is 10.1. The summed E-state index contributed by atoms with van der Waals surface area (Å²) in [5, 5.41) is 0. The number of hydrogen-bond donors (Lipinski definition) is 2. The maximum absolute atomic E-state index is 4.39. The molecule has 0 aliphatic heterocycles. The average Bonchev–Trinajstić information content (AvgIpc) is 2.73. The van der Waals surface area contributed by atoms with Gasteiger partial charge in [0, 0.05) is 11.1 Å². The van der Waals surface area contributed by atoms with Crippen LogP contribution >= 0.6 is 0 Å². The van der Waals surface area contributed by atoms with Crippen molar-refractivity contribution < 1.29 is 0 Å². The minimum absolute atomic E-state index is 0.647. The van der Waals surface area contributed by atoms with Crippen molar-refractivity contribution in [3.05, 3.63) is 72.8 Å².